The fourth-order valence-corrected chi connectivity index (χ4v) is 3.27. The van der Waals surface area contributed by atoms with Crippen molar-refractivity contribution >= 4 is 23.2 Å². The fraction of sp³-hybridized carbons (Fsp3) is 0.182. The van der Waals surface area contributed by atoms with Gasteiger partial charge in [0, 0.05) is 11.4 Å². The van der Waals surface area contributed by atoms with Crippen LogP contribution in [0.2, 0.25) is 5.02 Å². The molecular formula is C22H19ClN2O4. The molecular weight excluding hydrogens is 392 g/mol. The molecule has 4 rings (SSSR count). The Morgan fingerprint density at radius 1 is 1.14 bits per heavy atom. The quantitative estimate of drug-likeness (QED) is 0.591. The fourth-order valence-electron chi connectivity index (χ4n) is 3.14. The van der Waals surface area contributed by atoms with E-state index in [1.807, 2.05) is 30.3 Å². The molecule has 0 N–H and O–H groups in total. The van der Waals surface area contributed by atoms with Crippen LogP contribution in [0.25, 0.3) is 0 Å². The maximum atomic E-state index is 12.9. The van der Waals surface area contributed by atoms with E-state index >= 15 is 0 Å². The van der Waals surface area contributed by atoms with Crippen LogP contribution in [-0.2, 0) is 4.79 Å². The minimum Gasteiger partial charge on any atom is -0.497 e. The van der Waals surface area contributed by atoms with Gasteiger partial charge in [-0.25, -0.2) is 5.01 Å². The Morgan fingerprint density at radius 3 is 2.52 bits per heavy atom. The molecule has 0 spiro atoms. The average Bonchev–Trinajstić information content (AvgIpc) is 3.43. The summed E-state index contributed by atoms with van der Waals surface area (Å²) in [6.45, 7) is -0.141. The van der Waals surface area contributed by atoms with Gasteiger partial charge in [0.05, 0.1) is 19.1 Å². The highest BCUT2D eigenvalue weighted by Gasteiger charge is 2.35. The van der Waals surface area contributed by atoms with Crippen molar-refractivity contribution in [2.45, 2.75) is 12.5 Å². The van der Waals surface area contributed by atoms with Crippen LogP contribution in [0.3, 0.4) is 0 Å². The van der Waals surface area contributed by atoms with Crippen LogP contribution < -0.4 is 9.47 Å². The van der Waals surface area contributed by atoms with E-state index in [1.165, 1.54) is 5.01 Å². The molecule has 2 aromatic carbocycles. The van der Waals surface area contributed by atoms with Crippen LogP contribution in [-0.4, -0.2) is 30.3 Å². The maximum Gasteiger partial charge on any atom is 0.281 e. The molecule has 7 heteroatoms. The van der Waals surface area contributed by atoms with Crippen molar-refractivity contribution in [2.24, 2.45) is 5.10 Å². The zero-order valence-corrected chi connectivity index (χ0v) is 16.5. The second-order valence-corrected chi connectivity index (χ2v) is 6.93. The Kier molecular flexibility index (Phi) is 5.53. The van der Waals surface area contributed by atoms with E-state index in [1.54, 1.807) is 43.7 Å². The number of hydrogen-bond donors (Lipinski definition) is 0. The van der Waals surface area contributed by atoms with Crippen LogP contribution in [0.15, 0.2) is 76.4 Å². The van der Waals surface area contributed by atoms with E-state index in [-0.39, 0.29) is 18.6 Å². The van der Waals surface area contributed by atoms with Crippen molar-refractivity contribution in [2.75, 3.05) is 13.7 Å². The molecule has 3 aromatic rings. The molecule has 0 bridgehead atoms. The third kappa shape index (κ3) is 4.27. The first-order valence-electron chi connectivity index (χ1n) is 9.10. The van der Waals surface area contributed by atoms with Crippen LogP contribution in [0.4, 0.5) is 0 Å². The summed E-state index contributed by atoms with van der Waals surface area (Å²) < 4.78 is 16.4. The van der Waals surface area contributed by atoms with Crippen LogP contribution >= 0.6 is 11.6 Å². The van der Waals surface area contributed by atoms with Gasteiger partial charge >= 0.3 is 0 Å². The molecule has 148 valence electrons. The molecule has 29 heavy (non-hydrogen) atoms. The van der Waals surface area contributed by atoms with Gasteiger partial charge in [0.1, 0.15) is 23.3 Å². The molecule has 0 aliphatic carbocycles. The number of amides is 1. The Morgan fingerprint density at radius 2 is 1.86 bits per heavy atom. The molecule has 1 amide bonds. The lowest BCUT2D eigenvalue weighted by Crippen LogP contribution is -2.31. The molecule has 1 aliphatic heterocycles. The minimum absolute atomic E-state index is 0.141. The van der Waals surface area contributed by atoms with E-state index in [9.17, 15) is 4.79 Å². The minimum atomic E-state index is -0.316. The third-order valence-electron chi connectivity index (χ3n) is 4.64. The standard InChI is InChI=1S/C22H19ClN2O4/c1-27-17-8-4-15(5-9-17)19-13-20(21-3-2-12-28-21)25(24-19)22(26)14-29-18-10-6-16(23)7-11-18/h2-12,20H,13-14H2,1H3/t20-/m0/s1. The van der Waals surface area contributed by atoms with Crippen molar-refractivity contribution in [1.82, 2.24) is 5.01 Å². The predicted octanol–water partition coefficient (Wildman–Crippen LogP) is 4.70. The summed E-state index contributed by atoms with van der Waals surface area (Å²) in [7, 11) is 1.62. The van der Waals surface area contributed by atoms with Gasteiger partial charge in [-0.2, -0.15) is 5.10 Å². The topological polar surface area (TPSA) is 64.3 Å². The highest BCUT2D eigenvalue weighted by atomic mass is 35.5. The van der Waals surface area contributed by atoms with E-state index in [0.29, 0.717) is 23.0 Å². The summed E-state index contributed by atoms with van der Waals surface area (Å²) in [4.78, 5) is 12.9. The summed E-state index contributed by atoms with van der Waals surface area (Å²) >= 11 is 5.88. The van der Waals surface area contributed by atoms with Crippen LogP contribution in [0.1, 0.15) is 23.8 Å². The lowest BCUT2D eigenvalue weighted by atomic mass is 10.0. The number of methoxy groups -OCH3 is 1. The van der Waals surface area contributed by atoms with E-state index in [0.717, 1.165) is 17.0 Å². The van der Waals surface area contributed by atoms with Gasteiger partial charge in [-0.05, 0) is 66.2 Å². The highest BCUT2D eigenvalue weighted by Crippen LogP contribution is 2.33. The molecule has 0 unspecified atom stereocenters. The number of furan rings is 1. The normalized spacial score (nSPS) is 15.9. The molecule has 0 saturated carbocycles. The number of nitrogens with zero attached hydrogens (tertiary/aromatic N) is 2. The number of ether oxygens (including phenoxy) is 2. The Bertz CT molecular complexity index is 998. The maximum absolute atomic E-state index is 12.9. The summed E-state index contributed by atoms with van der Waals surface area (Å²) in [5, 5.41) is 6.62. The van der Waals surface area contributed by atoms with Gasteiger partial charge in [0.15, 0.2) is 6.61 Å². The predicted molar refractivity (Wildman–Crippen MR) is 109 cm³/mol. The van der Waals surface area contributed by atoms with Crippen molar-refractivity contribution < 1.29 is 18.7 Å². The third-order valence-corrected chi connectivity index (χ3v) is 4.89. The van der Waals surface area contributed by atoms with E-state index in [2.05, 4.69) is 5.10 Å². The van der Waals surface area contributed by atoms with Gasteiger partial charge in [0.25, 0.3) is 5.91 Å². The number of hydrogen-bond acceptors (Lipinski definition) is 5. The molecule has 1 aromatic heterocycles. The molecule has 0 saturated heterocycles. The zero-order valence-electron chi connectivity index (χ0n) is 15.7. The first kappa shape index (κ1) is 19.1. The number of carbonyl (C=O) groups excluding carboxylic acids is 1. The van der Waals surface area contributed by atoms with Crippen LogP contribution in [0.5, 0.6) is 11.5 Å². The van der Waals surface area contributed by atoms with E-state index < -0.39 is 0 Å². The molecule has 0 radical (unpaired) electrons. The number of carbonyl (C=O) groups is 1. The van der Waals surface area contributed by atoms with Gasteiger partial charge in [0.2, 0.25) is 0 Å². The van der Waals surface area contributed by atoms with Crippen LogP contribution in [0, 0.1) is 0 Å². The lowest BCUT2D eigenvalue weighted by Gasteiger charge is -2.20. The summed E-state index contributed by atoms with van der Waals surface area (Å²) in [5.41, 5.74) is 1.73. The average molecular weight is 411 g/mol. The summed E-state index contributed by atoms with van der Waals surface area (Å²) in [5.74, 6) is 1.75. The number of rotatable bonds is 6. The van der Waals surface area contributed by atoms with Crippen molar-refractivity contribution in [3.05, 3.63) is 83.3 Å². The Labute approximate surface area is 173 Å². The van der Waals surface area contributed by atoms with Gasteiger partial charge in [-0.1, -0.05) is 11.6 Å². The molecule has 1 aliphatic rings. The molecule has 1 atom stereocenters. The second-order valence-electron chi connectivity index (χ2n) is 6.49. The van der Waals surface area contributed by atoms with Crippen molar-refractivity contribution in [1.29, 1.82) is 0 Å². The van der Waals surface area contributed by atoms with Crippen molar-refractivity contribution in [3.63, 3.8) is 0 Å². The van der Waals surface area contributed by atoms with Crippen molar-refractivity contribution in [3.8, 4) is 11.5 Å². The summed E-state index contributed by atoms with van der Waals surface area (Å²) in [6.07, 6.45) is 2.14. The first-order valence-corrected chi connectivity index (χ1v) is 9.47. The SMILES string of the molecule is COc1ccc(C2=NN(C(=O)COc3ccc(Cl)cc3)[C@H](c3ccco3)C2)cc1. The molecule has 0 fully saturated rings. The Hall–Kier alpha value is -3.25. The zero-order chi connectivity index (χ0) is 20.2. The highest BCUT2D eigenvalue weighted by molar-refractivity contribution is 6.30. The lowest BCUT2D eigenvalue weighted by molar-refractivity contribution is -0.135. The van der Waals surface area contributed by atoms with Gasteiger partial charge in [-0.3, -0.25) is 4.79 Å². The first-order chi connectivity index (χ1) is 14.1. The van der Waals surface area contributed by atoms with E-state index in [4.69, 9.17) is 25.5 Å². The molecule has 2 heterocycles. The number of halogens is 1. The number of hydrazone groups is 1. The van der Waals surface area contributed by atoms with Gasteiger partial charge < -0.3 is 13.9 Å². The summed E-state index contributed by atoms with van der Waals surface area (Å²) in [6, 6.07) is 17.8. The molecule has 6 nitrogen and oxygen atoms in total. The smallest absolute Gasteiger partial charge is 0.281 e. The largest absolute Gasteiger partial charge is 0.497 e. The monoisotopic (exact) mass is 410 g/mol. The second kappa shape index (κ2) is 8.41. The van der Waals surface area contributed by atoms with Gasteiger partial charge in [-0.15, -0.1) is 0 Å². The number of benzene rings is 2. The Balaban J connectivity index is 1.53.